The first kappa shape index (κ1) is 10.1. The van der Waals surface area contributed by atoms with E-state index in [2.05, 4.69) is 11.9 Å². The van der Waals surface area contributed by atoms with Crippen LogP contribution in [0.3, 0.4) is 0 Å². The van der Waals surface area contributed by atoms with Crippen LogP contribution in [0, 0.1) is 0 Å². The summed E-state index contributed by atoms with van der Waals surface area (Å²) in [7, 11) is 0. The van der Waals surface area contributed by atoms with Crippen molar-refractivity contribution < 1.29 is 9.53 Å². The molecule has 1 heterocycles. The van der Waals surface area contributed by atoms with E-state index in [0.717, 1.165) is 13.1 Å². The lowest BCUT2D eigenvalue weighted by molar-refractivity contribution is 0.104. The number of hydrogen-bond acceptors (Lipinski definition) is 3. The smallest absolute Gasteiger partial charge is 0.415 e. The van der Waals surface area contributed by atoms with Gasteiger partial charge in [0.05, 0.1) is 5.76 Å². The molecular formula is C9H16N2O2. The summed E-state index contributed by atoms with van der Waals surface area (Å²) < 4.78 is 4.92. The van der Waals surface area contributed by atoms with E-state index in [4.69, 9.17) is 4.74 Å². The Morgan fingerprint density at radius 1 is 1.69 bits per heavy atom. The van der Waals surface area contributed by atoms with Gasteiger partial charge in [0.1, 0.15) is 0 Å². The van der Waals surface area contributed by atoms with Crippen molar-refractivity contribution in [2.24, 2.45) is 0 Å². The molecule has 74 valence electrons. The first-order chi connectivity index (χ1) is 6.11. The van der Waals surface area contributed by atoms with Crippen LogP contribution in [0.1, 0.15) is 13.8 Å². The van der Waals surface area contributed by atoms with E-state index in [1.165, 1.54) is 0 Å². The quantitative estimate of drug-likeness (QED) is 0.617. The molecule has 1 aliphatic heterocycles. The summed E-state index contributed by atoms with van der Waals surface area (Å²) in [5.41, 5.74) is 0. The Morgan fingerprint density at radius 3 is 2.92 bits per heavy atom. The van der Waals surface area contributed by atoms with Gasteiger partial charge in [-0.3, -0.25) is 0 Å². The molecule has 0 aliphatic carbocycles. The monoisotopic (exact) mass is 184 g/mol. The lowest BCUT2D eigenvalue weighted by atomic mass is 10.2. The second kappa shape index (κ2) is 4.28. The van der Waals surface area contributed by atoms with Crippen molar-refractivity contribution in [2.75, 3.05) is 19.6 Å². The van der Waals surface area contributed by atoms with Crippen molar-refractivity contribution in [3.8, 4) is 0 Å². The number of rotatable bonds is 1. The molecule has 0 aromatic rings. The van der Waals surface area contributed by atoms with Crippen LogP contribution >= 0.6 is 0 Å². The molecule has 1 saturated heterocycles. The highest BCUT2D eigenvalue weighted by Gasteiger charge is 2.24. The van der Waals surface area contributed by atoms with Crippen molar-refractivity contribution >= 4 is 6.09 Å². The molecule has 1 fully saturated rings. The molecule has 1 atom stereocenters. The molecule has 1 amide bonds. The Labute approximate surface area is 78.5 Å². The number of carbonyl (C=O) groups excluding carboxylic acids is 1. The number of ether oxygens (including phenoxy) is 1. The number of carbonyl (C=O) groups is 1. The highest BCUT2D eigenvalue weighted by atomic mass is 16.6. The van der Waals surface area contributed by atoms with Gasteiger partial charge in [-0.15, -0.1) is 0 Å². The molecule has 4 heteroatoms. The lowest BCUT2D eigenvalue weighted by Gasteiger charge is -2.32. The molecule has 0 saturated carbocycles. The summed E-state index contributed by atoms with van der Waals surface area (Å²) >= 11 is 0. The van der Waals surface area contributed by atoms with Gasteiger partial charge in [0.2, 0.25) is 0 Å². The van der Waals surface area contributed by atoms with E-state index in [1.807, 2.05) is 6.92 Å². The second-order valence-corrected chi connectivity index (χ2v) is 3.32. The third kappa shape index (κ3) is 2.73. The van der Waals surface area contributed by atoms with Crippen molar-refractivity contribution in [2.45, 2.75) is 19.9 Å². The fourth-order valence-corrected chi connectivity index (χ4v) is 1.32. The van der Waals surface area contributed by atoms with Crippen LogP contribution in [0.5, 0.6) is 0 Å². The SMILES string of the molecule is C=C(C)OC(=O)N1CCNC[C@H]1C. The minimum Gasteiger partial charge on any atom is -0.416 e. The van der Waals surface area contributed by atoms with Gasteiger partial charge < -0.3 is 15.0 Å². The van der Waals surface area contributed by atoms with Crippen LogP contribution < -0.4 is 5.32 Å². The molecule has 13 heavy (non-hydrogen) atoms. The van der Waals surface area contributed by atoms with Gasteiger partial charge >= 0.3 is 6.09 Å². The molecule has 0 spiro atoms. The number of nitrogens with one attached hydrogen (secondary N) is 1. The van der Waals surface area contributed by atoms with Gasteiger partial charge in [0.25, 0.3) is 0 Å². The van der Waals surface area contributed by atoms with Crippen LogP contribution in [-0.2, 0) is 4.74 Å². The lowest BCUT2D eigenvalue weighted by Crippen LogP contribution is -2.52. The largest absolute Gasteiger partial charge is 0.416 e. The second-order valence-electron chi connectivity index (χ2n) is 3.32. The molecule has 4 nitrogen and oxygen atoms in total. The third-order valence-electron chi connectivity index (χ3n) is 2.00. The Balaban J connectivity index is 2.48. The molecule has 0 aromatic heterocycles. The van der Waals surface area contributed by atoms with Crippen molar-refractivity contribution in [1.29, 1.82) is 0 Å². The molecule has 0 bridgehead atoms. The Hall–Kier alpha value is -1.03. The zero-order chi connectivity index (χ0) is 9.84. The Morgan fingerprint density at radius 2 is 2.38 bits per heavy atom. The minimum absolute atomic E-state index is 0.195. The van der Waals surface area contributed by atoms with Gasteiger partial charge in [-0.2, -0.15) is 0 Å². The van der Waals surface area contributed by atoms with Crippen LogP contribution in [0.2, 0.25) is 0 Å². The van der Waals surface area contributed by atoms with Gasteiger partial charge in [-0.1, -0.05) is 6.58 Å². The molecule has 0 aromatic carbocycles. The summed E-state index contributed by atoms with van der Waals surface area (Å²) in [5, 5.41) is 3.20. The van der Waals surface area contributed by atoms with E-state index in [1.54, 1.807) is 11.8 Å². The normalized spacial score (nSPS) is 22.6. The standard InChI is InChI=1S/C9H16N2O2/c1-7(2)13-9(12)11-5-4-10-6-8(11)3/h8,10H,1,4-6H2,2-3H3/t8-/m1/s1. The topological polar surface area (TPSA) is 41.6 Å². The van der Waals surface area contributed by atoms with Crippen LogP contribution in [0.15, 0.2) is 12.3 Å². The molecule has 1 aliphatic rings. The zero-order valence-corrected chi connectivity index (χ0v) is 8.17. The average molecular weight is 184 g/mol. The molecule has 0 radical (unpaired) electrons. The summed E-state index contributed by atoms with van der Waals surface area (Å²) in [6, 6.07) is 0.195. The maximum atomic E-state index is 11.4. The predicted octanol–water partition coefficient (Wildman–Crippen LogP) is 0.950. The first-order valence-electron chi connectivity index (χ1n) is 4.46. The average Bonchev–Trinajstić information content (AvgIpc) is 2.03. The maximum Gasteiger partial charge on any atom is 0.415 e. The highest BCUT2D eigenvalue weighted by molar-refractivity contribution is 5.69. The van der Waals surface area contributed by atoms with Gasteiger partial charge in [-0.25, -0.2) is 4.79 Å². The Bertz CT molecular complexity index is 216. The maximum absolute atomic E-state index is 11.4. The summed E-state index contributed by atoms with van der Waals surface area (Å²) in [6.07, 6.45) is -0.290. The zero-order valence-electron chi connectivity index (χ0n) is 8.17. The van der Waals surface area contributed by atoms with Gasteiger partial charge in [0.15, 0.2) is 0 Å². The number of piperazine rings is 1. The molecular weight excluding hydrogens is 168 g/mol. The van der Waals surface area contributed by atoms with E-state index in [-0.39, 0.29) is 12.1 Å². The van der Waals surface area contributed by atoms with E-state index < -0.39 is 0 Å². The van der Waals surface area contributed by atoms with Crippen molar-refractivity contribution in [1.82, 2.24) is 10.2 Å². The number of amides is 1. The highest BCUT2D eigenvalue weighted by Crippen LogP contribution is 2.06. The predicted molar refractivity (Wildman–Crippen MR) is 50.3 cm³/mol. The summed E-state index contributed by atoms with van der Waals surface area (Å²) in [6.45, 7) is 9.55. The van der Waals surface area contributed by atoms with Crippen molar-refractivity contribution in [3.63, 3.8) is 0 Å². The van der Waals surface area contributed by atoms with Gasteiger partial charge in [0, 0.05) is 25.7 Å². The molecule has 1 rings (SSSR count). The van der Waals surface area contributed by atoms with Gasteiger partial charge in [-0.05, 0) is 13.8 Å². The fraction of sp³-hybridized carbons (Fsp3) is 0.667. The van der Waals surface area contributed by atoms with Crippen LogP contribution in [0.4, 0.5) is 4.79 Å². The molecule has 1 N–H and O–H groups in total. The minimum atomic E-state index is -0.290. The number of nitrogens with zero attached hydrogens (tertiary/aromatic N) is 1. The Kier molecular flexibility index (Phi) is 3.31. The third-order valence-corrected chi connectivity index (χ3v) is 2.00. The number of hydrogen-bond donors (Lipinski definition) is 1. The summed E-state index contributed by atoms with van der Waals surface area (Å²) in [5.74, 6) is 0.440. The number of allylic oxidation sites excluding steroid dienone is 1. The van der Waals surface area contributed by atoms with Crippen LogP contribution in [0.25, 0.3) is 0 Å². The summed E-state index contributed by atoms with van der Waals surface area (Å²) in [4.78, 5) is 13.1. The fourth-order valence-electron chi connectivity index (χ4n) is 1.32. The van der Waals surface area contributed by atoms with E-state index >= 15 is 0 Å². The van der Waals surface area contributed by atoms with Crippen molar-refractivity contribution in [3.05, 3.63) is 12.3 Å². The molecule has 0 unspecified atom stereocenters. The van der Waals surface area contributed by atoms with Crippen LogP contribution in [-0.4, -0.2) is 36.7 Å². The first-order valence-corrected chi connectivity index (χ1v) is 4.46. The van der Waals surface area contributed by atoms with E-state index in [0.29, 0.717) is 12.3 Å². The van der Waals surface area contributed by atoms with E-state index in [9.17, 15) is 4.79 Å².